The Balaban J connectivity index is 2.33. The van der Waals surface area contributed by atoms with Gasteiger partial charge in [0, 0.05) is 23.9 Å². The van der Waals surface area contributed by atoms with Crippen LogP contribution in [0.25, 0.3) is 0 Å². The minimum Gasteiger partial charge on any atom is -0.391 e. The second kappa shape index (κ2) is 3.40. The lowest BCUT2D eigenvalue weighted by atomic mass is 9.94. The van der Waals surface area contributed by atoms with Crippen molar-refractivity contribution < 1.29 is 5.11 Å². The van der Waals surface area contributed by atoms with Crippen molar-refractivity contribution in [1.82, 2.24) is 5.32 Å². The minimum atomic E-state index is -0.202. The molecule has 0 unspecified atom stereocenters. The second-order valence-electron chi connectivity index (χ2n) is 3.72. The average Bonchev–Trinajstić information content (AvgIpc) is 2.60. The van der Waals surface area contributed by atoms with Crippen LogP contribution in [0, 0.1) is 13.8 Å². The zero-order chi connectivity index (χ0) is 9.42. The van der Waals surface area contributed by atoms with Crippen molar-refractivity contribution in [2.24, 2.45) is 0 Å². The van der Waals surface area contributed by atoms with Crippen LogP contribution in [0.2, 0.25) is 0 Å². The van der Waals surface area contributed by atoms with Gasteiger partial charge in [0.1, 0.15) is 0 Å². The third kappa shape index (κ3) is 1.52. The van der Waals surface area contributed by atoms with E-state index in [2.05, 4.69) is 24.5 Å². The summed E-state index contributed by atoms with van der Waals surface area (Å²) in [6.45, 7) is 5.92. The first-order valence-electron chi connectivity index (χ1n) is 4.63. The van der Waals surface area contributed by atoms with E-state index in [-0.39, 0.29) is 6.10 Å². The first kappa shape index (κ1) is 9.19. The normalized spacial score (nSPS) is 28.2. The molecular weight excluding hydrogens is 182 g/mol. The van der Waals surface area contributed by atoms with Gasteiger partial charge in [0.25, 0.3) is 0 Å². The van der Waals surface area contributed by atoms with Gasteiger partial charge in [-0.05, 0) is 30.4 Å². The molecular formula is C10H15NOS. The molecule has 0 aromatic carbocycles. The van der Waals surface area contributed by atoms with E-state index in [0.717, 1.165) is 13.1 Å². The van der Waals surface area contributed by atoms with Crippen LogP contribution in [0.4, 0.5) is 0 Å². The topological polar surface area (TPSA) is 32.3 Å². The van der Waals surface area contributed by atoms with Gasteiger partial charge in [-0.2, -0.15) is 0 Å². The fourth-order valence-electron chi connectivity index (χ4n) is 2.09. The van der Waals surface area contributed by atoms with Gasteiger partial charge < -0.3 is 10.4 Å². The fourth-order valence-corrected chi connectivity index (χ4v) is 3.01. The first-order chi connectivity index (χ1) is 6.20. The molecule has 2 rings (SSSR count). The zero-order valence-electron chi connectivity index (χ0n) is 8.00. The Morgan fingerprint density at radius 1 is 1.46 bits per heavy atom. The Morgan fingerprint density at radius 3 is 2.69 bits per heavy atom. The summed E-state index contributed by atoms with van der Waals surface area (Å²) in [6.07, 6.45) is -0.202. The second-order valence-corrected chi connectivity index (χ2v) is 4.80. The first-order valence-corrected chi connectivity index (χ1v) is 5.51. The van der Waals surface area contributed by atoms with Crippen molar-refractivity contribution in [1.29, 1.82) is 0 Å². The van der Waals surface area contributed by atoms with Gasteiger partial charge in [-0.3, -0.25) is 0 Å². The molecule has 2 nitrogen and oxygen atoms in total. The molecule has 2 atom stereocenters. The molecule has 72 valence electrons. The third-order valence-electron chi connectivity index (χ3n) is 2.77. The maximum Gasteiger partial charge on any atom is 0.0745 e. The van der Waals surface area contributed by atoms with Crippen LogP contribution in [-0.2, 0) is 0 Å². The Labute approximate surface area is 82.6 Å². The molecule has 0 bridgehead atoms. The van der Waals surface area contributed by atoms with Crippen molar-refractivity contribution in [2.75, 3.05) is 13.1 Å². The van der Waals surface area contributed by atoms with Crippen LogP contribution in [0.5, 0.6) is 0 Å². The Bertz CT molecular complexity index is 288. The summed E-state index contributed by atoms with van der Waals surface area (Å²) in [5, 5.41) is 15.1. The van der Waals surface area contributed by atoms with Gasteiger partial charge in [0.15, 0.2) is 0 Å². The van der Waals surface area contributed by atoms with Crippen molar-refractivity contribution in [3.8, 4) is 0 Å². The summed E-state index contributed by atoms with van der Waals surface area (Å²) in [5.41, 5.74) is 2.69. The van der Waals surface area contributed by atoms with E-state index in [9.17, 15) is 5.11 Å². The number of aryl methyl sites for hydroxylation is 2. The van der Waals surface area contributed by atoms with Crippen LogP contribution in [-0.4, -0.2) is 24.3 Å². The van der Waals surface area contributed by atoms with E-state index in [1.807, 2.05) is 0 Å². The molecule has 1 aliphatic heterocycles. The van der Waals surface area contributed by atoms with Crippen LogP contribution in [0.3, 0.4) is 0 Å². The minimum absolute atomic E-state index is 0.202. The highest BCUT2D eigenvalue weighted by atomic mass is 32.1. The summed E-state index contributed by atoms with van der Waals surface area (Å²) in [6, 6.07) is 0. The summed E-state index contributed by atoms with van der Waals surface area (Å²) in [4.78, 5) is 1.35. The van der Waals surface area contributed by atoms with Gasteiger partial charge in [0.2, 0.25) is 0 Å². The lowest BCUT2D eigenvalue weighted by molar-refractivity contribution is 0.177. The Morgan fingerprint density at radius 2 is 2.23 bits per heavy atom. The highest BCUT2D eigenvalue weighted by Gasteiger charge is 2.29. The number of hydrogen-bond donors (Lipinski definition) is 2. The van der Waals surface area contributed by atoms with E-state index >= 15 is 0 Å². The van der Waals surface area contributed by atoms with Crippen molar-refractivity contribution in [3.63, 3.8) is 0 Å². The lowest BCUT2D eigenvalue weighted by Gasteiger charge is -2.14. The van der Waals surface area contributed by atoms with E-state index in [1.54, 1.807) is 11.3 Å². The van der Waals surface area contributed by atoms with Crippen LogP contribution in [0.15, 0.2) is 5.38 Å². The lowest BCUT2D eigenvalue weighted by Crippen LogP contribution is -2.16. The van der Waals surface area contributed by atoms with E-state index in [0.29, 0.717) is 5.92 Å². The molecule has 3 heteroatoms. The van der Waals surface area contributed by atoms with Gasteiger partial charge in [-0.25, -0.2) is 0 Å². The summed E-state index contributed by atoms with van der Waals surface area (Å²) < 4.78 is 0. The van der Waals surface area contributed by atoms with Gasteiger partial charge in [-0.15, -0.1) is 11.3 Å². The standard InChI is InChI=1S/C10H15NOS/c1-6-5-13-7(2)10(6)8-3-11-4-9(8)12/h5,8-9,11-12H,3-4H2,1-2H3/t8-,9-/m1/s1. The van der Waals surface area contributed by atoms with Gasteiger partial charge in [-0.1, -0.05) is 0 Å². The SMILES string of the molecule is Cc1csc(C)c1[C@@H]1CNC[C@H]1O. The highest BCUT2D eigenvalue weighted by molar-refractivity contribution is 7.10. The van der Waals surface area contributed by atoms with Gasteiger partial charge >= 0.3 is 0 Å². The maximum atomic E-state index is 9.75. The Hall–Kier alpha value is -0.380. The number of rotatable bonds is 1. The summed E-state index contributed by atoms with van der Waals surface area (Å²) in [7, 11) is 0. The fraction of sp³-hybridized carbons (Fsp3) is 0.600. The van der Waals surface area contributed by atoms with E-state index < -0.39 is 0 Å². The molecule has 1 fully saturated rings. The molecule has 0 amide bonds. The van der Waals surface area contributed by atoms with Crippen LogP contribution in [0.1, 0.15) is 21.9 Å². The van der Waals surface area contributed by atoms with Crippen LogP contribution < -0.4 is 5.32 Å². The Kier molecular flexibility index (Phi) is 2.41. The number of aliphatic hydroxyl groups excluding tert-OH is 1. The number of thiophene rings is 1. The number of nitrogens with one attached hydrogen (secondary N) is 1. The third-order valence-corrected chi connectivity index (χ3v) is 3.81. The molecule has 13 heavy (non-hydrogen) atoms. The quantitative estimate of drug-likeness (QED) is 0.713. The van der Waals surface area contributed by atoms with Crippen molar-refractivity contribution in [3.05, 3.63) is 21.4 Å². The van der Waals surface area contributed by atoms with Gasteiger partial charge in [0.05, 0.1) is 6.10 Å². The molecule has 0 spiro atoms. The van der Waals surface area contributed by atoms with E-state index in [1.165, 1.54) is 16.0 Å². The molecule has 1 aromatic heterocycles. The largest absolute Gasteiger partial charge is 0.391 e. The molecule has 2 heterocycles. The summed E-state index contributed by atoms with van der Waals surface area (Å²) in [5.74, 6) is 0.311. The van der Waals surface area contributed by atoms with Crippen molar-refractivity contribution in [2.45, 2.75) is 25.9 Å². The van der Waals surface area contributed by atoms with E-state index in [4.69, 9.17) is 0 Å². The molecule has 1 saturated heterocycles. The average molecular weight is 197 g/mol. The molecule has 0 radical (unpaired) electrons. The summed E-state index contributed by atoms with van der Waals surface area (Å²) >= 11 is 1.78. The molecule has 2 N–H and O–H groups in total. The van der Waals surface area contributed by atoms with Crippen molar-refractivity contribution >= 4 is 11.3 Å². The van der Waals surface area contributed by atoms with Crippen LogP contribution >= 0.6 is 11.3 Å². The predicted molar refractivity (Wildman–Crippen MR) is 55.4 cm³/mol. The molecule has 1 aromatic rings. The molecule has 0 saturated carbocycles. The maximum absolute atomic E-state index is 9.75. The predicted octanol–water partition coefficient (Wildman–Crippen LogP) is 1.41. The molecule has 1 aliphatic rings. The number of aliphatic hydroxyl groups is 1. The monoisotopic (exact) mass is 197 g/mol. The number of hydrogen-bond acceptors (Lipinski definition) is 3. The smallest absolute Gasteiger partial charge is 0.0745 e. The zero-order valence-corrected chi connectivity index (χ0v) is 8.82. The number of β-amino-alcohol motifs (C(OH)–C–C–N with tert-alkyl or cyclic N) is 1. The molecule has 0 aliphatic carbocycles. The highest BCUT2D eigenvalue weighted by Crippen LogP contribution is 2.32.